The number of hydrogen-bond acceptors (Lipinski definition) is 6. The number of aromatic nitrogens is 2. The monoisotopic (exact) mass is 349 g/mol. The molecule has 0 unspecified atom stereocenters. The predicted octanol–water partition coefficient (Wildman–Crippen LogP) is 5.22. The Hall–Kier alpha value is -2.81. The van der Waals surface area contributed by atoms with Crippen molar-refractivity contribution in [2.75, 3.05) is 5.73 Å². The summed E-state index contributed by atoms with van der Waals surface area (Å²) in [7, 11) is 0. The molecule has 0 radical (unpaired) electrons. The molecule has 9 heteroatoms. The number of thiophene rings is 1. The molecule has 0 amide bonds. The van der Waals surface area contributed by atoms with Crippen molar-refractivity contribution in [3.63, 3.8) is 0 Å². The van der Waals surface area contributed by atoms with Gasteiger partial charge in [0.15, 0.2) is 23.0 Å². The summed E-state index contributed by atoms with van der Waals surface area (Å²) in [5, 5.41) is 9.11. The molecule has 2 N–H and O–H groups in total. The van der Waals surface area contributed by atoms with Crippen LogP contribution < -0.4 is 5.73 Å². The Bertz CT molecular complexity index is 861. The van der Waals surface area contributed by atoms with Crippen LogP contribution in [-0.2, 0) is 6.18 Å². The highest BCUT2D eigenvalue weighted by Gasteiger charge is 2.38. The van der Waals surface area contributed by atoms with Crippen LogP contribution in [0.3, 0.4) is 0 Å². The quantitative estimate of drug-likeness (QED) is 0.658. The summed E-state index contributed by atoms with van der Waals surface area (Å²) in [6, 6.07) is 11.7. The van der Waals surface area contributed by atoms with Crippen LogP contribution in [0.15, 0.2) is 58.1 Å². The third-order valence-electron chi connectivity index (χ3n) is 2.94. The smallest absolute Gasteiger partial charge is 0.382 e. The van der Waals surface area contributed by atoms with E-state index in [1.165, 1.54) is 11.3 Å². The molecular formula is C15H10F3N5S. The summed E-state index contributed by atoms with van der Waals surface area (Å²) < 4.78 is 40.0. The zero-order chi connectivity index (χ0) is 17.2. The Kier molecular flexibility index (Phi) is 4.26. The van der Waals surface area contributed by atoms with Gasteiger partial charge in [-0.3, -0.25) is 0 Å². The van der Waals surface area contributed by atoms with Crippen molar-refractivity contribution in [3.05, 3.63) is 53.5 Å². The van der Waals surface area contributed by atoms with Crippen LogP contribution in [0.5, 0.6) is 0 Å². The molecule has 0 aliphatic heterocycles. The number of azo groups is 1. The minimum absolute atomic E-state index is 0.0894. The molecule has 0 atom stereocenters. The van der Waals surface area contributed by atoms with Crippen molar-refractivity contribution < 1.29 is 13.2 Å². The summed E-state index contributed by atoms with van der Waals surface area (Å²) in [4.78, 5) is 8.01. The lowest BCUT2D eigenvalue weighted by atomic mass is 10.3. The van der Waals surface area contributed by atoms with Gasteiger partial charge in [0.1, 0.15) is 0 Å². The van der Waals surface area contributed by atoms with Gasteiger partial charge in [0.25, 0.3) is 0 Å². The molecule has 3 rings (SSSR count). The zero-order valence-electron chi connectivity index (χ0n) is 12.0. The van der Waals surface area contributed by atoms with Crippen molar-refractivity contribution in [3.8, 4) is 10.7 Å². The standard InChI is InChI=1S/C15H10F3N5S/c16-15(17,18)12-11(23-22-9-5-2-1-3-6-9)13(19)21-14(20-12)10-7-4-8-24-10/h1-8H,(H2,19,20,21)/b23-22+. The Balaban J connectivity index is 2.10. The van der Waals surface area contributed by atoms with E-state index >= 15 is 0 Å². The molecule has 1 aromatic carbocycles. The second kappa shape index (κ2) is 6.36. The average Bonchev–Trinajstić information content (AvgIpc) is 3.07. The second-order valence-corrected chi connectivity index (χ2v) is 5.59. The summed E-state index contributed by atoms with van der Waals surface area (Å²) in [5.41, 5.74) is 4.28. The minimum atomic E-state index is -4.73. The van der Waals surface area contributed by atoms with E-state index in [4.69, 9.17) is 5.73 Å². The molecule has 0 fully saturated rings. The van der Waals surface area contributed by atoms with Crippen molar-refractivity contribution in [1.82, 2.24) is 9.97 Å². The van der Waals surface area contributed by atoms with Gasteiger partial charge in [-0.1, -0.05) is 24.3 Å². The van der Waals surface area contributed by atoms with Crippen molar-refractivity contribution in [2.45, 2.75) is 6.18 Å². The first kappa shape index (κ1) is 16.1. The van der Waals surface area contributed by atoms with Gasteiger partial charge in [0, 0.05) is 0 Å². The van der Waals surface area contributed by atoms with Gasteiger partial charge in [0.2, 0.25) is 0 Å². The summed E-state index contributed by atoms with van der Waals surface area (Å²) in [6.07, 6.45) is -4.73. The lowest BCUT2D eigenvalue weighted by Gasteiger charge is -2.11. The molecule has 5 nitrogen and oxygen atoms in total. The molecule has 0 spiro atoms. The number of nitrogens with two attached hydrogens (primary N) is 1. The Labute approximate surface area is 138 Å². The van der Waals surface area contributed by atoms with Crippen LogP contribution in [-0.4, -0.2) is 9.97 Å². The normalized spacial score (nSPS) is 12.0. The maximum atomic E-state index is 13.3. The molecular weight excluding hydrogens is 339 g/mol. The van der Waals surface area contributed by atoms with Gasteiger partial charge < -0.3 is 5.73 Å². The number of halogens is 3. The van der Waals surface area contributed by atoms with Gasteiger partial charge in [-0.2, -0.15) is 18.3 Å². The highest BCUT2D eigenvalue weighted by atomic mass is 32.1. The molecule has 2 heterocycles. The van der Waals surface area contributed by atoms with Gasteiger partial charge in [-0.25, -0.2) is 9.97 Å². The van der Waals surface area contributed by atoms with Crippen LogP contribution in [0, 0.1) is 0 Å². The van der Waals surface area contributed by atoms with Crippen LogP contribution in [0.25, 0.3) is 10.7 Å². The van der Waals surface area contributed by atoms with E-state index in [0.29, 0.717) is 10.6 Å². The van der Waals surface area contributed by atoms with Gasteiger partial charge in [-0.15, -0.1) is 16.5 Å². The zero-order valence-corrected chi connectivity index (χ0v) is 12.8. The number of alkyl halides is 3. The number of nitrogen functional groups attached to an aromatic ring is 1. The number of anilines is 1. The predicted molar refractivity (Wildman–Crippen MR) is 85.4 cm³/mol. The molecule has 0 saturated heterocycles. The minimum Gasteiger partial charge on any atom is -0.382 e. The maximum Gasteiger partial charge on any atom is 0.435 e. The first-order chi connectivity index (χ1) is 11.4. The Morgan fingerprint density at radius 1 is 0.958 bits per heavy atom. The highest BCUT2D eigenvalue weighted by Crippen LogP contribution is 2.39. The lowest BCUT2D eigenvalue weighted by molar-refractivity contribution is -0.140. The molecule has 0 aliphatic rings. The van der Waals surface area contributed by atoms with E-state index in [2.05, 4.69) is 20.2 Å². The Morgan fingerprint density at radius 2 is 1.71 bits per heavy atom. The first-order valence-corrected chi connectivity index (χ1v) is 7.58. The first-order valence-electron chi connectivity index (χ1n) is 6.70. The van der Waals surface area contributed by atoms with E-state index in [0.717, 1.165) is 0 Å². The third kappa shape index (κ3) is 3.40. The van der Waals surface area contributed by atoms with Gasteiger partial charge >= 0.3 is 6.18 Å². The summed E-state index contributed by atoms with van der Waals surface area (Å²) in [6.45, 7) is 0. The maximum absolute atomic E-state index is 13.3. The fourth-order valence-electron chi connectivity index (χ4n) is 1.89. The van der Waals surface area contributed by atoms with Crippen molar-refractivity contribution >= 4 is 28.5 Å². The molecule has 122 valence electrons. The lowest BCUT2D eigenvalue weighted by Crippen LogP contribution is -2.11. The average molecular weight is 349 g/mol. The molecule has 0 aliphatic carbocycles. The highest BCUT2D eigenvalue weighted by molar-refractivity contribution is 7.13. The Morgan fingerprint density at radius 3 is 2.33 bits per heavy atom. The van der Waals surface area contributed by atoms with Crippen LogP contribution in [0.1, 0.15) is 5.69 Å². The molecule has 24 heavy (non-hydrogen) atoms. The van der Waals surface area contributed by atoms with E-state index in [9.17, 15) is 13.2 Å². The topological polar surface area (TPSA) is 76.5 Å². The van der Waals surface area contributed by atoms with E-state index in [1.807, 2.05) is 0 Å². The molecule has 0 bridgehead atoms. The van der Waals surface area contributed by atoms with Gasteiger partial charge in [-0.05, 0) is 23.6 Å². The number of nitrogens with zero attached hydrogens (tertiary/aromatic N) is 4. The number of benzene rings is 1. The fraction of sp³-hybridized carbons (Fsp3) is 0.0667. The fourth-order valence-corrected chi connectivity index (χ4v) is 2.54. The SMILES string of the molecule is Nc1nc(-c2cccs2)nc(C(F)(F)F)c1/N=N/c1ccccc1. The largest absolute Gasteiger partial charge is 0.435 e. The molecule has 0 saturated carbocycles. The van der Waals surface area contributed by atoms with E-state index in [1.54, 1.807) is 47.8 Å². The number of rotatable bonds is 3. The van der Waals surface area contributed by atoms with Crippen molar-refractivity contribution in [1.29, 1.82) is 0 Å². The van der Waals surface area contributed by atoms with E-state index in [-0.39, 0.29) is 11.6 Å². The van der Waals surface area contributed by atoms with Crippen LogP contribution in [0.4, 0.5) is 30.4 Å². The van der Waals surface area contributed by atoms with Crippen LogP contribution >= 0.6 is 11.3 Å². The van der Waals surface area contributed by atoms with Crippen molar-refractivity contribution in [2.24, 2.45) is 10.2 Å². The number of hydrogen-bond donors (Lipinski definition) is 1. The summed E-state index contributed by atoms with van der Waals surface area (Å²) >= 11 is 1.22. The second-order valence-electron chi connectivity index (χ2n) is 4.64. The van der Waals surface area contributed by atoms with E-state index < -0.39 is 17.6 Å². The summed E-state index contributed by atoms with van der Waals surface area (Å²) in [5.74, 6) is -0.464. The third-order valence-corrected chi connectivity index (χ3v) is 3.81. The molecule has 2 aromatic heterocycles. The molecule has 3 aromatic rings. The van der Waals surface area contributed by atoms with Crippen LogP contribution in [0.2, 0.25) is 0 Å². The van der Waals surface area contributed by atoms with Gasteiger partial charge in [0.05, 0.1) is 10.6 Å².